The molecule has 0 radical (unpaired) electrons. The normalized spacial score (nSPS) is 11.7. The highest BCUT2D eigenvalue weighted by molar-refractivity contribution is 7.99. The number of aromatic nitrogens is 3. The van der Waals surface area contributed by atoms with Crippen LogP contribution >= 0.6 is 23.4 Å². The first-order valence-corrected chi connectivity index (χ1v) is 9.77. The Kier molecular flexibility index (Phi) is 7.93. The molecule has 0 spiro atoms. The van der Waals surface area contributed by atoms with E-state index < -0.39 is 6.04 Å². The van der Waals surface area contributed by atoms with Gasteiger partial charge in [-0.3, -0.25) is 14.7 Å². The van der Waals surface area contributed by atoms with Crippen LogP contribution in [0.4, 0.5) is 0 Å². The quantitative estimate of drug-likeness (QED) is 0.546. The summed E-state index contributed by atoms with van der Waals surface area (Å²) in [6.07, 6.45) is 0.840. The number of carbonyl (C=O) groups is 2. The molecule has 8 nitrogen and oxygen atoms in total. The summed E-state index contributed by atoms with van der Waals surface area (Å²) in [5, 5.41) is 13.2. The second kappa shape index (κ2) is 10.2. The lowest BCUT2D eigenvalue weighted by Gasteiger charge is -2.13. The highest BCUT2D eigenvalue weighted by Crippen LogP contribution is 2.31. The minimum Gasteiger partial charge on any atom is -0.496 e. The Morgan fingerprint density at radius 2 is 2.19 bits per heavy atom. The number of methoxy groups -OCH3 is 1. The van der Waals surface area contributed by atoms with Crippen molar-refractivity contribution in [3.8, 4) is 17.1 Å². The van der Waals surface area contributed by atoms with Gasteiger partial charge in [-0.25, -0.2) is 4.98 Å². The van der Waals surface area contributed by atoms with Crippen molar-refractivity contribution in [1.82, 2.24) is 25.8 Å². The Bertz CT molecular complexity index is 799. The molecular weight excluding hydrogens is 390 g/mol. The maximum Gasteiger partial charge on any atom is 0.242 e. The van der Waals surface area contributed by atoms with E-state index >= 15 is 0 Å². The number of hydrogen-bond donors (Lipinski definition) is 3. The molecule has 1 aromatic heterocycles. The Hall–Kier alpha value is -2.26. The Labute approximate surface area is 166 Å². The van der Waals surface area contributed by atoms with Gasteiger partial charge in [0, 0.05) is 11.6 Å². The number of H-pyrrole nitrogens is 1. The first-order valence-electron chi connectivity index (χ1n) is 8.40. The van der Waals surface area contributed by atoms with Crippen molar-refractivity contribution in [1.29, 1.82) is 0 Å². The minimum absolute atomic E-state index is 0.0926. The summed E-state index contributed by atoms with van der Waals surface area (Å²) in [7, 11) is 1.56. The zero-order valence-electron chi connectivity index (χ0n) is 15.3. The highest BCUT2D eigenvalue weighted by atomic mass is 35.5. The van der Waals surface area contributed by atoms with Gasteiger partial charge < -0.3 is 15.4 Å². The van der Waals surface area contributed by atoms with E-state index in [9.17, 15) is 9.59 Å². The number of halogens is 1. The predicted molar refractivity (Wildman–Crippen MR) is 105 cm³/mol. The number of ether oxygens (including phenoxy) is 1. The number of nitrogens with one attached hydrogen (secondary N) is 3. The average molecular weight is 412 g/mol. The standard InChI is InChI=1S/C17H22ClN5O3S/c1-4-7-19-16(25)10(2)20-14(24)9-27-17-21-15(22-23-17)12-8-11(18)5-6-13(12)26-3/h5-6,8,10H,4,7,9H2,1-3H3,(H,19,25)(H,20,24)(H,21,22,23)/t10-/m0/s1. The van der Waals surface area contributed by atoms with Gasteiger partial charge in [0.25, 0.3) is 0 Å². The summed E-state index contributed by atoms with van der Waals surface area (Å²) in [5.41, 5.74) is 0.676. The van der Waals surface area contributed by atoms with E-state index in [1.807, 2.05) is 6.92 Å². The van der Waals surface area contributed by atoms with Gasteiger partial charge in [0.1, 0.15) is 11.8 Å². The lowest BCUT2D eigenvalue weighted by molar-refractivity contribution is -0.127. The Morgan fingerprint density at radius 3 is 2.89 bits per heavy atom. The molecule has 1 atom stereocenters. The van der Waals surface area contributed by atoms with Crippen LogP contribution in [0, 0.1) is 0 Å². The first kappa shape index (κ1) is 21.0. The van der Waals surface area contributed by atoms with Crippen molar-refractivity contribution >= 4 is 35.2 Å². The molecule has 3 N–H and O–H groups in total. The lowest BCUT2D eigenvalue weighted by Crippen LogP contribution is -2.45. The highest BCUT2D eigenvalue weighted by Gasteiger charge is 2.16. The van der Waals surface area contributed by atoms with Gasteiger partial charge in [-0.2, -0.15) is 0 Å². The lowest BCUT2D eigenvalue weighted by atomic mass is 10.2. The van der Waals surface area contributed by atoms with Crippen molar-refractivity contribution in [2.24, 2.45) is 0 Å². The molecular formula is C17H22ClN5O3S. The van der Waals surface area contributed by atoms with Gasteiger partial charge in [0.2, 0.25) is 17.0 Å². The molecule has 0 unspecified atom stereocenters. The fraction of sp³-hybridized carbons (Fsp3) is 0.412. The van der Waals surface area contributed by atoms with Crippen LogP contribution in [-0.2, 0) is 9.59 Å². The van der Waals surface area contributed by atoms with Crippen LogP contribution in [0.3, 0.4) is 0 Å². The van der Waals surface area contributed by atoms with Crippen molar-refractivity contribution < 1.29 is 14.3 Å². The van der Waals surface area contributed by atoms with Gasteiger partial charge in [0.15, 0.2) is 5.82 Å². The fourth-order valence-corrected chi connectivity index (χ4v) is 2.96. The monoisotopic (exact) mass is 411 g/mol. The number of carbonyl (C=O) groups excluding carboxylic acids is 2. The number of aromatic amines is 1. The number of hydrogen-bond acceptors (Lipinski definition) is 6. The molecule has 27 heavy (non-hydrogen) atoms. The second-order valence-corrected chi connectivity index (χ2v) is 7.06. The van der Waals surface area contributed by atoms with E-state index in [-0.39, 0.29) is 17.6 Å². The van der Waals surface area contributed by atoms with Gasteiger partial charge >= 0.3 is 0 Å². The third kappa shape index (κ3) is 6.14. The number of rotatable bonds is 9. The van der Waals surface area contributed by atoms with Gasteiger partial charge in [-0.1, -0.05) is 30.3 Å². The van der Waals surface area contributed by atoms with Gasteiger partial charge in [-0.05, 0) is 31.5 Å². The van der Waals surface area contributed by atoms with Crippen molar-refractivity contribution in [2.45, 2.75) is 31.5 Å². The largest absolute Gasteiger partial charge is 0.496 e. The Morgan fingerprint density at radius 1 is 1.41 bits per heavy atom. The van der Waals surface area contributed by atoms with Crippen LogP contribution in [0.15, 0.2) is 23.4 Å². The van der Waals surface area contributed by atoms with E-state index in [2.05, 4.69) is 25.8 Å². The topological polar surface area (TPSA) is 109 Å². The number of amides is 2. The predicted octanol–water partition coefficient (Wildman–Crippen LogP) is 2.26. The summed E-state index contributed by atoms with van der Waals surface area (Å²) in [5.74, 6) is 0.714. The average Bonchev–Trinajstić information content (AvgIpc) is 3.13. The molecule has 1 aromatic carbocycles. The van der Waals surface area contributed by atoms with Crippen LogP contribution in [0.2, 0.25) is 5.02 Å². The minimum atomic E-state index is -0.594. The SMILES string of the molecule is CCCNC(=O)[C@H](C)NC(=O)CSc1n[nH]c(-c2cc(Cl)ccc2OC)n1. The summed E-state index contributed by atoms with van der Waals surface area (Å²) in [4.78, 5) is 28.1. The smallest absolute Gasteiger partial charge is 0.242 e. The second-order valence-electron chi connectivity index (χ2n) is 5.68. The molecule has 0 aliphatic carbocycles. The third-order valence-corrected chi connectivity index (χ3v) is 4.62. The Balaban J connectivity index is 1.92. The molecule has 2 aromatic rings. The van der Waals surface area contributed by atoms with Gasteiger partial charge in [0.05, 0.1) is 18.4 Å². The molecule has 0 aliphatic rings. The molecule has 10 heteroatoms. The summed E-state index contributed by atoms with van der Waals surface area (Å²) in [6, 6.07) is 4.59. The molecule has 0 saturated heterocycles. The van der Waals surface area contributed by atoms with Crippen LogP contribution in [0.25, 0.3) is 11.4 Å². The maximum atomic E-state index is 12.0. The fourth-order valence-electron chi connectivity index (χ4n) is 2.18. The van der Waals surface area contributed by atoms with E-state index in [4.69, 9.17) is 16.3 Å². The third-order valence-electron chi connectivity index (χ3n) is 3.53. The van der Waals surface area contributed by atoms with Crippen molar-refractivity contribution in [3.05, 3.63) is 23.2 Å². The molecule has 0 bridgehead atoms. The molecule has 146 valence electrons. The van der Waals surface area contributed by atoms with Crippen LogP contribution in [0.1, 0.15) is 20.3 Å². The summed E-state index contributed by atoms with van der Waals surface area (Å²) >= 11 is 7.19. The molecule has 0 saturated carbocycles. The van der Waals surface area contributed by atoms with E-state index in [0.29, 0.717) is 33.9 Å². The first-order chi connectivity index (χ1) is 12.9. The van der Waals surface area contributed by atoms with Crippen LogP contribution in [-0.4, -0.2) is 52.4 Å². The molecule has 0 fully saturated rings. The zero-order chi connectivity index (χ0) is 19.8. The van der Waals surface area contributed by atoms with Crippen molar-refractivity contribution in [2.75, 3.05) is 19.4 Å². The van der Waals surface area contributed by atoms with Gasteiger partial charge in [-0.15, -0.1) is 5.10 Å². The number of thioether (sulfide) groups is 1. The molecule has 2 amide bonds. The van der Waals surface area contributed by atoms with E-state index in [1.165, 1.54) is 0 Å². The van der Waals surface area contributed by atoms with E-state index in [1.54, 1.807) is 32.2 Å². The summed E-state index contributed by atoms with van der Waals surface area (Å²) < 4.78 is 5.30. The maximum absolute atomic E-state index is 12.0. The van der Waals surface area contributed by atoms with E-state index in [0.717, 1.165) is 18.2 Å². The van der Waals surface area contributed by atoms with Crippen molar-refractivity contribution in [3.63, 3.8) is 0 Å². The van der Waals surface area contributed by atoms with Crippen LogP contribution < -0.4 is 15.4 Å². The number of benzene rings is 1. The molecule has 1 heterocycles. The zero-order valence-corrected chi connectivity index (χ0v) is 16.9. The van der Waals surface area contributed by atoms with Crippen LogP contribution in [0.5, 0.6) is 5.75 Å². The number of nitrogens with zero attached hydrogens (tertiary/aromatic N) is 2. The summed E-state index contributed by atoms with van der Waals surface area (Å²) in [6.45, 7) is 4.19. The molecule has 0 aliphatic heterocycles. The molecule has 2 rings (SSSR count).